The summed E-state index contributed by atoms with van der Waals surface area (Å²) in [6.07, 6.45) is 0.241. The molecule has 1 rings (SSSR count). The van der Waals surface area contributed by atoms with Crippen molar-refractivity contribution in [2.24, 2.45) is 0 Å². The molecule has 0 spiro atoms. The fourth-order valence-corrected chi connectivity index (χ4v) is 3.56. The van der Waals surface area contributed by atoms with E-state index in [0.29, 0.717) is 4.47 Å². The van der Waals surface area contributed by atoms with Crippen molar-refractivity contribution in [3.63, 3.8) is 0 Å². The van der Waals surface area contributed by atoms with Crippen LogP contribution in [0.5, 0.6) is 0 Å². The molecule has 100 valence electrons. The van der Waals surface area contributed by atoms with Crippen LogP contribution in [0.15, 0.2) is 33.6 Å². The number of hydrogen-bond donors (Lipinski definition) is 1. The lowest BCUT2D eigenvalue weighted by molar-refractivity contribution is -0.137. The monoisotopic (exact) mass is 335 g/mol. The number of benzene rings is 1. The molecule has 0 unspecified atom stereocenters. The Labute approximate surface area is 115 Å². The van der Waals surface area contributed by atoms with Gasteiger partial charge in [-0.2, -0.15) is 0 Å². The molecule has 0 saturated heterocycles. The Morgan fingerprint density at radius 2 is 2.00 bits per heavy atom. The van der Waals surface area contributed by atoms with Gasteiger partial charge in [0.1, 0.15) is 0 Å². The Morgan fingerprint density at radius 1 is 1.39 bits per heavy atom. The zero-order valence-electron chi connectivity index (χ0n) is 9.84. The zero-order chi connectivity index (χ0) is 13.8. The third-order valence-corrected chi connectivity index (χ3v) is 5.26. The van der Waals surface area contributed by atoms with E-state index in [0.717, 1.165) is 4.31 Å². The van der Waals surface area contributed by atoms with Gasteiger partial charge in [-0.3, -0.25) is 4.79 Å². The van der Waals surface area contributed by atoms with Gasteiger partial charge in [0.25, 0.3) is 0 Å². The molecule has 7 heteroatoms. The number of halogens is 1. The molecule has 5 nitrogen and oxygen atoms in total. The molecular formula is C11H14BrNO4S. The van der Waals surface area contributed by atoms with Crippen molar-refractivity contribution in [1.29, 1.82) is 0 Å². The Morgan fingerprint density at radius 3 is 2.56 bits per heavy atom. The number of aliphatic carboxylic acids is 1. The summed E-state index contributed by atoms with van der Waals surface area (Å²) in [5.41, 5.74) is 0. The molecule has 0 aliphatic carbocycles. The van der Waals surface area contributed by atoms with Gasteiger partial charge in [-0.15, -0.1) is 0 Å². The van der Waals surface area contributed by atoms with Crippen LogP contribution in [0.4, 0.5) is 0 Å². The van der Waals surface area contributed by atoms with E-state index < -0.39 is 16.0 Å². The molecule has 0 aliphatic heterocycles. The molecule has 0 aromatic heterocycles. The third kappa shape index (κ3) is 3.79. The first-order chi connectivity index (χ1) is 8.35. The molecule has 0 fully saturated rings. The minimum absolute atomic E-state index is 0.0458. The number of nitrogens with zero attached hydrogens (tertiary/aromatic N) is 1. The summed E-state index contributed by atoms with van der Waals surface area (Å²) in [5, 5.41) is 8.51. The van der Waals surface area contributed by atoms with E-state index in [9.17, 15) is 13.2 Å². The normalized spacial score (nSPS) is 11.7. The van der Waals surface area contributed by atoms with E-state index in [-0.39, 0.29) is 24.3 Å². The molecule has 0 heterocycles. The van der Waals surface area contributed by atoms with Gasteiger partial charge in [0.2, 0.25) is 10.0 Å². The molecule has 1 aromatic carbocycles. The fraction of sp³-hybridized carbons (Fsp3) is 0.364. The van der Waals surface area contributed by atoms with Gasteiger partial charge in [-0.1, -0.05) is 12.1 Å². The summed E-state index contributed by atoms with van der Waals surface area (Å²) in [6.45, 7) is 0.177. The minimum atomic E-state index is -3.57. The van der Waals surface area contributed by atoms with E-state index in [1.807, 2.05) is 0 Å². The van der Waals surface area contributed by atoms with Gasteiger partial charge in [0.05, 0.1) is 4.90 Å². The Bertz CT molecular complexity index is 530. The van der Waals surface area contributed by atoms with Gasteiger partial charge in [0.15, 0.2) is 0 Å². The number of carboxylic acid groups (broad SMARTS) is 1. The number of sulfonamides is 1. The van der Waals surface area contributed by atoms with E-state index in [1.165, 1.54) is 13.1 Å². The van der Waals surface area contributed by atoms with Gasteiger partial charge >= 0.3 is 5.97 Å². The van der Waals surface area contributed by atoms with Gasteiger partial charge in [-0.05, 0) is 34.5 Å². The Hall–Kier alpha value is -0.920. The van der Waals surface area contributed by atoms with Gasteiger partial charge in [0, 0.05) is 24.5 Å². The van der Waals surface area contributed by atoms with Gasteiger partial charge in [-0.25, -0.2) is 12.7 Å². The van der Waals surface area contributed by atoms with Crippen LogP contribution in [0.1, 0.15) is 12.8 Å². The van der Waals surface area contributed by atoms with E-state index in [1.54, 1.807) is 18.2 Å². The van der Waals surface area contributed by atoms with Crippen LogP contribution in [-0.2, 0) is 14.8 Å². The summed E-state index contributed by atoms with van der Waals surface area (Å²) < 4.78 is 26.0. The van der Waals surface area contributed by atoms with Crippen molar-refractivity contribution >= 4 is 31.9 Å². The van der Waals surface area contributed by atoms with Crippen LogP contribution < -0.4 is 0 Å². The maximum atomic E-state index is 12.2. The maximum Gasteiger partial charge on any atom is 0.303 e. The number of carboxylic acids is 1. The van der Waals surface area contributed by atoms with E-state index in [4.69, 9.17) is 5.11 Å². The largest absolute Gasteiger partial charge is 0.481 e. The molecule has 0 amide bonds. The SMILES string of the molecule is CN(CCCC(=O)O)S(=O)(=O)c1ccccc1Br. The topological polar surface area (TPSA) is 74.7 Å². The Balaban J connectivity index is 2.81. The van der Waals surface area contributed by atoms with Crippen molar-refractivity contribution < 1.29 is 18.3 Å². The third-order valence-electron chi connectivity index (χ3n) is 2.39. The summed E-state index contributed by atoms with van der Waals surface area (Å²) in [7, 11) is -2.13. The van der Waals surface area contributed by atoms with Crippen molar-refractivity contribution in [3.05, 3.63) is 28.7 Å². The lowest BCUT2D eigenvalue weighted by Gasteiger charge is -2.17. The Kier molecular flexibility index (Phi) is 5.30. The second kappa shape index (κ2) is 6.31. The molecule has 0 atom stereocenters. The summed E-state index contributed by atoms with van der Waals surface area (Å²) in [5.74, 6) is -0.929. The lowest BCUT2D eigenvalue weighted by Crippen LogP contribution is -2.28. The minimum Gasteiger partial charge on any atom is -0.481 e. The van der Waals surface area contributed by atoms with Crippen LogP contribution in [0, 0.1) is 0 Å². The first-order valence-corrected chi connectivity index (χ1v) is 7.51. The first-order valence-electron chi connectivity index (χ1n) is 5.28. The lowest BCUT2D eigenvalue weighted by atomic mass is 10.3. The summed E-state index contributed by atoms with van der Waals surface area (Å²) >= 11 is 3.19. The van der Waals surface area contributed by atoms with Crippen molar-refractivity contribution in [3.8, 4) is 0 Å². The molecule has 1 aromatic rings. The average Bonchev–Trinajstić information content (AvgIpc) is 2.28. The highest BCUT2D eigenvalue weighted by Crippen LogP contribution is 2.23. The smallest absolute Gasteiger partial charge is 0.303 e. The molecular weight excluding hydrogens is 322 g/mol. The van der Waals surface area contributed by atoms with Crippen molar-refractivity contribution in [2.75, 3.05) is 13.6 Å². The molecule has 1 N–H and O–H groups in total. The van der Waals surface area contributed by atoms with Crippen molar-refractivity contribution in [2.45, 2.75) is 17.7 Å². The number of rotatable bonds is 6. The molecule has 18 heavy (non-hydrogen) atoms. The fourth-order valence-electron chi connectivity index (χ4n) is 1.39. The standard InChI is InChI=1S/C11H14BrNO4S/c1-13(8-4-7-11(14)15)18(16,17)10-6-3-2-5-9(10)12/h2-3,5-6H,4,7-8H2,1H3,(H,14,15). The maximum absolute atomic E-state index is 12.2. The predicted molar refractivity (Wildman–Crippen MR) is 70.8 cm³/mol. The van der Waals surface area contributed by atoms with Crippen LogP contribution in [0.3, 0.4) is 0 Å². The van der Waals surface area contributed by atoms with Crippen LogP contribution >= 0.6 is 15.9 Å². The highest BCUT2D eigenvalue weighted by molar-refractivity contribution is 9.10. The first kappa shape index (κ1) is 15.1. The van der Waals surface area contributed by atoms with E-state index in [2.05, 4.69) is 15.9 Å². The van der Waals surface area contributed by atoms with E-state index >= 15 is 0 Å². The second-order valence-corrected chi connectivity index (χ2v) is 6.62. The number of hydrogen-bond acceptors (Lipinski definition) is 3. The van der Waals surface area contributed by atoms with Gasteiger partial charge < -0.3 is 5.11 Å². The summed E-state index contributed by atoms with van der Waals surface area (Å²) in [4.78, 5) is 10.6. The summed E-state index contributed by atoms with van der Waals surface area (Å²) in [6, 6.07) is 6.53. The van der Waals surface area contributed by atoms with Crippen LogP contribution in [0.2, 0.25) is 0 Å². The zero-order valence-corrected chi connectivity index (χ0v) is 12.2. The second-order valence-electron chi connectivity index (χ2n) is 3.75. The molecule has 0 aliphatic rings. The molecule has 0 bridgehead atoms. The molecule has 0 saturated carbocycles. The van der Waals surface area contributed by atoms with Crippen LogP contribution in [0.25, 0.3) is 0 Å². The highest BCUT2D eigenvalue weighted by atomic mass is 79.9. The average molecular weight is 336 g/mol. The highest BCUT2D eigenvalue weighted by Gasteiger charge is 2.22. The quantitative estimate of drug-likeness (QED) is 0.861. The van der Waals surface area contributed by atoms with Crippen molar-refractivity contribution in [1.82, 2.24) is 4.31 Å². The molecule has 0 radical (unpaired) electrons. The predicted octanol–water partition coefficient (Wildman–Crippen LogP) is 1.93. The number of carbonyl (C=O) groups is 1. The van der Waals surface area contributed by atoms with Crippen LogP contribution in [-0.4, -0.2) is 37.4 Å².